The molecule has 1 fully saturated rings. The quantitative estimate of drug-likeness (QED) is 0.788. The van der Waals surface area contributed by atoms with E-state index in [-0.39, 0.29) is 0 Å². The summed E-state index contributed by atoms with van der Waals surface area (Å²) in [6.07, 6.45) is 2.68. The van der Waals surface area contributed by atoms with Crippen LogP contribution in [-0.4, -0.2) is 18.0 Å². The van der Waals surface area contributed by atoms with Gasteiger partial charge in [0.15, 0.2) is 0 Å². The first-order chi connectivity index (χ1) is 9.31. The molecule has 0 radical (unpaired) electrons. The normalized spacial score (nSPS) is 15.8. The van der Waals surface area contributed by atoms with Gasteiger partial charge < -0.3 is 0 Å². The minimum Gasteiger partial charge on any atom is -0.299 e. The number of benzene rings is 2. The zero-order valence-electron chi connectivity index (χ0n) is 11.0. The van der Waals surface area contributed by atoms with E-state index in [0.717, 1.165) is 11.6 Å². The van der Waals surface area contributed by atoms with Crippen molar-refractivity contribution in [1.29, 1.82) is 0 Å². The molecule has 1 aliphatic heterocycles. The van der Waals surface area contributed by atoms with Crippen molar-refractivity contribution in [2.24, 2.45) is 0 Å². The molecule has 2 aromatic rings. The van der Waals surface area contributed by atoms with Gasteiger partial charge in [-0.3, -0.25) is 4.90 Å². The second-order valence-corrected chi connectivity index (χ2v) is 5.63. The van der Waals surface area contributed by atoms with Crippen LogP contribution in [0.15, 0.2) is 48.5 Å². The highest BCUT2D eigenvalue weighted by atomic mass is 35.5. The minimum absolute atomic E-state index is 0.794. The molecule has 2 heteroatoms. The molecule has 0 amide bonds. The monoisotopic (exact) mass is 271 g/mol. The van der Waals surface area contributed by atoms with E-state index in [2.05, 4.69) is 35.2 Å². The van der Waals surface area contributed by atoms with Crippen LogP contribution in [0.1, 0.15) is 18.4 Å². The average Bonchev–Trinajstić information content (AvgIpc) is 2.92. The van der Waals surface area contributed by atoms with Gasteiger partial charge in [-0.25, -0.2) is 0 Å². The second kappa shape index (κ2) is 5.77. The van der Waals surface area contributed by atoms with Gasteiger partial charge in [-0.1, -0.05) is 41.9 Å². The summed E-state index contributed by atoms with van der Waals surface area (Å²) in [5.74, 6) is 0. The highest BCUT2D eigenvalue weighted by Gasteiger charge is 2.11. The molecule has 98 valence electrons. The molecule has 0 aliphatic carbocycles. The summed E-state index contributed by atoms with van der Waals surface area (Å²) in [4.78, 5) is 2.52. The van der Waals surface area contributed by atoms with Crippen LogP contribution in [0.2, 0.25) is 5.02 Å². The third-order valence-electron chi connectivity index (χ3n) is 3.69. The van der Waals surface area contributed by atoms with Crippen molar-refractivity contribution in [1.82, 2.24) is 4.90 Å². The summed E-state index contributed by atoms with van der Waals surface area (Å²) in [6.45, 7) is 3.54. The average molecular weight is 272 g/mol. The zero-order valence-corrected chi connectivity index (χ0v) is 11.7. The Bertz CT molecular complexity index is 559. The zero-order chi connectivity index (χ0) is 13.1. The van der Waals surface area contributed by atoms with Crippen LogP contribution in [0.3, 0.4) is 0 Å². The molecule has 0 N–H and O–H groups in total. The third kappa shape index (κ3) is 3.17. The molecule has 2 aromatic carbocycles. The number of rotatable bonds is 3. The Balaban J connectivity index is 1.82. The summed E-state index contributed by atoms with van der Waals surface area (Å²) in [5.41, 5.74) is 3.83. The van der Waals surface area contributed by atoms with Crippen molar-refractivity contribution >= 4 is 11.6 Å². The Labute approximate surface area is 119 Å². The number of likely N-dealkylation sites (tertiary alicyclic amines) is 1. The third-order valence-corrected chi connectivity index (χ3v) is 3.92. The molecular weight excluding hydrogens is 254 g/mol. The molecule has 0 unspecified atom stereocenters. The fourth-order valence-corrected chi connectivity index (χ4v) is 2.91. The van der Waals surface area contributed by atoms with E-state index in [1.165, 1.54) is 42.6 Å². The van der Waals surface area contributed by atoms with Gasteiger partial charge >= 0.3 is 0 Å². The maximum Gasteiger partial charge on any atom is 0.0412 e. The molecule has 0 aromatic heterocycles. The lowest BCUT2D eigenvalue weighted by atomic mass is 10.0. The fraction of sp³-hybridized carbons (Fsp3) is 0.294. The van der Waals surface area contributed by atoms with Crippen molar-refractivity contribution in [3.8, 4) is 11.1 Å². The highest BCUT2D eigenvalue weighted by Crippen LogP contribution is 2.24. The van der Waals surface area contributed by atoms with Crippen molar-refractivity contribution in [3.63, 3.8) is 0 Å². The highest BCUT2D eigenvalue weighted by molar-refractivity contribution is 6.30. The summed E-state index contributed by atoms with van der Waals surface area (Å²) in [6, 6.07) is 16.8. The van der Waals surface area contributed by atoms with Crippen LogP contribution >= 0.6 is 11.6 Å². The molecule has 1 aliphatic rings. The van der Waals surface area contributed by atoms with E-state index in [0.29, 0.717) is 0 Å². The molecule has 0 atom stereocenters. The maximum atomic E-state index is 6.06. The van der Waals surface area contributed by atoms with E-state index >= 15 is 0 Å². The smallest absolute Gasteiger partial charge is 0.0412 e. The van der Waals surface area contributed by atoms with Crippen molar-refractivity contribution in [3.05, 3.63) is 59.1 Å². The van der Waals surface area contributed by atoms with Crippen LogP contribution in [0, 0.1) is 0 Å². The summed E-state index contributed by atoms with van der Waals surface area (Å²) < 4.78 is 0. The van der Waals surface area contributed by atoms with Gasteiger partial charge in [0.05, 0.1) is 0 Å². The summed E-state index contributed by atoms with van der Waals surface area (Å²) in [7, 11) is 0. The predicted molar refractivity (Wildman–Crippen MR) is 81.4 cm³/mol. The Kier molecular flexibility index (Phi) is 3.86. The minimum atomic E-state index is 0.794. The van der Waals surface area contributed by atoms with Gasteiger partial charge in [0, 0.05) is 11.6 Å². The first kappa shape index (κ1) is 12.7. The molecule has 1 heterocycles. The topological polar surface area (TPSA) is 3.24 Å². The number of halogens is 1. The van der Waals surface area contributed by atoms with E-state index in [4.69, 9.17) is 11.6 Å². The number of nitrogens with zero attached hydrogens (tertiary/aromatic N) is 1. The molecule has 1 saturated heterocycles. The van der Waals surface area contributed by atoms with Gasteiger partial charge in [0.2, 0.25) is 0 Å². The van der Waals surface area contributed by atoms with Gasteiger partial charge in [-0.2, -0.15) is 0 Å². The van der Waals surface area contributed by atoms with Crippen molar-refractivity contribution in [2.45, 2.75) is 19.4 Å². The van der Waals surface area contributed by atoms with Crippen molar-refractivity contribution < 1.29 is 0 Å². The maximum absolute atomic E-state index is 6.06. The lowest BCUT2D eigenvalue weighted by Gasteiger charge is -2.15. The molecule has 0 saturated carbocycles. The molecule has 0 spiro atoms. The Morgan fingerprint density at radius 2 is 1.58 bits per heavy atom. The standard InChI is InChI=1S/C17H18ClN/c18-17-8-4-7-16(12-17)15-6-3-5-14(11-15)13-19-9-1-2-10-19/h3-8,11-12H,1-2,9-10,13H2. The van der Waals surface area contributed by atoms with Gasteiger partial charge in [0.1, 0.15) is 0 Å². The van der Waals surface area contributed by atoms with E-state index in [9.17, 15) is 0 Å². The van der Waals surface area contributed by atoms with Crippen LogP contribution in [0.5, 0.6) is 0 Å². The molecule has 3 rings (SSSR count). The van der Waals surface area contributed by atoms with E-state index < -0.39 is 0 Å². The van der Waals surface area contributed by atoms with E-state index in [1.54, 1.807) is 0 Å². The molecule has 0 bridgehead atoms. The Morgan fingerprint density at radius 1 is 0.895 bits per heavy atom. The van der Waals surface area contributed by atoms with Gasteiger partial charge in [-0.05, 0) is 60.8 Å². The lowest BCUT2D eigenvalue weighted by molar-refractivity contribution is 0.331. The van der Waals surface area contributed by atoms with Gasteiger partial charge in [0.25, 0.3) is 0 Å². The molecule has 19 heavy (non-hydrogen) atoms. The van der Waals surface area contributed by atoms with Crippen molar-refractivity contribution in [2.75, 3.05) is 13.1 Å². The Hall–Kier alpha value is -1.31. The largest absolute Gasteiger partial charge is 0.299 e. The van der Waals surface area contributed by atoms with Crippen LogP contribution in [-0.2, 0) is 6.54 Å². The molecule has 1 nitrogen and oxygen atoms in total. The predicted octanol–water partition coefficient (Wildman–Crippen LogP) is 4.60. The number of hydrogen-bond donors (Lipinski definition) is 0. The summed E-state index contributed by atoms with van der Waals surface area (Å²) in [5, 5.41) is 0.794. The molecular formula is C17H18ClN. The van der Waals surface area contributed by atoms with Crippen LogP contribution in [0.4, 0.5) is 0 Å². The fourth-order valence-electron chi connectivity index (χ4n) is 2.72. The second-order valence-electron chi connectivity index (χ2n) is 5.19. The first-order valence-electron chi connectivity index (χ1n) is 6.88. The number of hydrogen-bond acceptors (Lipinski definition) is 1. The lowest BCUT2D eigenvalue weighted by Crippen LogP contribution is -2.18. The van der Waals surface area contributed by atoms with Crippen LogP contribution in [0.25, 0.3) is 11.1 Å². The first-order valence-corrected chi connectivity index (χ1v) is 7.26. The summed E-state index contributed by atoms with van der Waals surface area (Å²) >= 11 is 6.06. The Morgan fingerprint density at radius 3 is 2.32 bits per heavy atom. The SMILES string of the molecule is Clc1cccc(-c2cccc(CN3CCCC3)c2)c1. The van der Waals surface area contributed by atoms with Gasteiger partial charge in [-0.15, -0.1) is 0 Å². The van der Waals surface area contributed by atoms with Crippen LogP contribution < -0.4 is 0 Å². The van der Waals surface area contributed by atoms with E-state index in [1.807, 2.05) is 18.2 Å².